The molecule has 0 saturated carbocycles. The summed E-state index contributed by atoms with van der Waals surface area (Å²) >= 11 is 0. The molecule has 2 rings (SSSR count). The second-order valence-electron chi connectivity index (χ2n) is 5.35. The smallest absolute Gasteiger partial charge is 0.255 e. The molecule has 5 heteroatoms. The van der Waals surface area contributed by atoms with Crippen LogP contribution in [0, 0.1) is 0 Å². The fourth-order valence-electron chi connectivity index (χ4n) is 2.56. The Kier molecular flexibility index (Phi) is 7.19. The largest absolute Gasteiger partial charge is 0.490 e. The van der Waals surface area contributed by atoms with Gasteiger partial charge >= 0.3 is 0 Å². The number of rotatable bonds is 9. The van der Waals surface area contributed by atoms with E-state index >= 15 is 0 Å². The van der Waals surface area contributed by atoms with Gasteiger partial charge < -0.3 is 19.7 Å². The summed E-state index contributed by atoms with van der Waals surface area (Å²) in [4.78, 5) is 14.7. The van der Waals surface area contributed by atoms with E-state index in [0.717, 1.165) is 19.6 Å². The standard InChI is InChI=1S/C17H26N2O3/c1-2-21-13-14-22-16-8-4-3-7-15(16)17(20)18-9-12-19-10-5-6-11-19/h3-4,7-8H,2,5-6,9-14H2,1H3,(H,18,20). The van der Waals surface area contributed by atoms with Crippen LogP contribution < -0.4 is 10.1 Å². The topological polar surface area (TPSA) is 50.8 Å². The van der Waals surface area contributed by atoms with Crippen molar-refractivity contribution < 1.29 is 14.3 Å². The Bertz CT molecular complexity index is 459. The molecule has 1 aliphatic rings. The van der Waals surface area contributed by atoms with Crippen LogP contribution in [0.1, 0.15) is 30.1 Å². The van der Waals surface area contributed by atoms with E-state index in [2.05, 4.69) is 10.2 Å². The monoisotopic (exact) mass is 306 g/mol. The van der Waals surface area contributed by atoms with Crippen molar-refractivity contribution in [3.05, 3.63) is 29.8 Å². The van der Waals surface area contributed by atoms with E-state index in [1.54, 1.807) is 6.07 Å². The zero-order chi connectivity index (χ0) is 15.6. The Balaban J connectivity index is 1.80. The highest BCUT2D eigenvalue weighted by Crippen LogP contribution is 2.17. The number of carbonyl (C=O) groups is 1. The molecule has 1 N–H and O–H groups in total. The minimum absolute atomic E-state index is 0.0776. The molecule has 0 radical (unpaired) electrons. The third-order valence-corrected chi connectivity index (χ3v) is 3.73. The van der Waals surface area contributed by atoms with Gasteiger partial charge in [-0.15, -0.1) is 0 Å². The molecule has 1 fully saturated rings. The van der Waals surface area contributed by atoms with Gasteiger partial charge in [-0.2, -0.15) is 0 Å². The summed E-state index contributed by atoms with van der Waals surface area (Å²) in [6.07, 6.45) is 2.54. The molecule has 0 bridgehead atoms. The maximum absolute atomic E-state index is 12.3. The van der Waals surface area contributed by atoms with Gasteiger partial charge in [-0.05, 0) is 45.0 Å². The van der Waals surface area contributed by atoms with Crippen LogP contribution >= 0.6 is 0 Å². The Labute approximate surface area is 132 Å². The van der Waals surface area contributed by atoms with Crippen molar-refractivity contribution in [1.29, 1.82) is 0 Å². The first-order chi connectivity index (χ1) is 10.8. The molecule has 1 aliphatic heterocycles. The van der Waals surface area contributed by atoms with Gasteiger partial charge in [-0.3, -0.25) is 4.79 Å². The van der Waals surface area contributed by atoms with Crippen LogP contribution in [0.25, 0.3) is 0 Å². The van der Waals surface area contributed by atoms with E-state index in [-0.39, 0.29) is 5.91 Å². The van der Waals surface area contributed by atoms with Crippen LogP contribution in [0.4, 0.5) is 0 Å². The SMILES string of the molecule is CCOCCOc1ccccc1C(=O)NCCN1CCCC1. The molecular weight excluding hydrogens is 280 g/mol. The number of benzene rings is 1. The molecule has 0 aliphatic carbocycles. The molecule has 0 spiro atoms. The normalized spacial score (nSPS) is 15.0. The number of hydrogen-bond acceptors (Lipinski definition) is 4. The summed E-state index contributed by atoms with van der Waals surface area (Å²) in [5.41, 5.74) is 0.584. The minimum atomic E-state index is -0.0776. The van der Waals surface area contributed by atoms with Crippen molar-refractivity contribution in [3.8, 4) is 5.75 Å². The zero-order valence-corrected chi connectivity index (χ0v) is 13.3. The summed E-state index contributed by atoms with van der Waals surface area (Å²) in [6, 6.07) is 7.34. The number of likely N-dealkylation sites (tertiary alicyclic amines) is 1. The first-order valence-electron chi connectivity index (χ1n) is 8.11. The highest BCUT2D eigenvalue weighted by Gasteiger charge is 2.14. The second-order valence-corrected chi connectivity index (χ2v) is 5.35. The fraction of sp³-hybridized carbons (Fsp3) is 0.588. The predicted molar refractivity (Wildman–Crippen MR) is 86.4 cm³/mol. The Morgan fingerprint density at radius 3 is 2.77 bits per heavy atom. The molecule has 1 aromatic rings. The molecular formula is C17H26N2O3. The minimum Gasteiger partial charge on any atom is -0.490 e. The maximum Gasteiger partial charge on any atom is 0.255 e. The first-order valence-corrected chi connectivity index (χ1v) is 8.11. The average molecular weight is 306 g/mol. The molecule has 122 valence electrons. The predicted octanol–water partition coefficient (Wildman–Crippen LogP) is 1.93. The lowest BCUT2D eigenvalue weighted by molar-refractivity contribution is 0.0933. The number of ether oxygens (including phenoxy) is 2. The zero-order valence-electron chi connectivity index (χ0n) is 13.3. The van der Waals surface area contributed by atoms with Gasteiger partial charge in [0, 0.05) is 19.7 Å². The van der Waals surface area contributed by atoms with Crippen LogP contribution in [0.3, 0.4) is 0 Å². The van der Waals surface area contributed by atoms with Gasteiger partial charge in [-0.25, -0.2) is 0 Å². The summed E-state index contributed by atoms with van der Waals surface area (Å²) in [7, 11) is 0. The van der Waals surface area contributed by atoms with Gasteiger partial charge in [0.05, 0.1) is 12.2 Å². The number of amides is 1. The van der Waals surface area contributed by atoms with Crippen molar-refractivity contribution in [1.82, 2.24) is 10.2 Å². The second kappa shape index (κ2) is 9.43. The lowest BCUT2D eigenvalue weighted by Crippen LogP contribution is -2.33. The highest BCUT2D eigenvalue weighted by atomic mass is 16.5. The van der Waals surface area contributed by atoms with Gasteiger partial charge in [0.2, 0.25) is 0 Å². The molecule has 1 aromatic carbocycles. The van der Waals surface area contributed by atoms with Gasteiger partial charge in [0.15, 0.2) is 0 Å². The van der Waals surface area contributed by atoms with E-state index < -0.39 is 0 Å². The number of para-hydroxylation sites is 1. The average Bonchev–Trinajstić information content (AvgIpc) is 3.05. The van der Waals surface area contributed by atoms with Crippen molar-refractivity contribution in [2.75, 3.05) is 46.0 Å². The van der Waals surface area contributed by atoms with Crippen LogP contribution in [-0.2, 0) is 4.74 Å². The van der Waals surface area contributed by atoms with Gasteiger partial charge in [-0.1, -0.05) is 12.1 Å². The lowest BCUT2D eigenvalue weighted by Gasteiger charge is -2.15. The third kappa shape index (κ3) is 5.31. The summed E-state index contributed by atoms with van der Waals surface area (Å²) in [6.45, 7) is 7.47. The number of nitrogens with zero attached hydrogens (tertiary/aromatic N) is 1. The molecule has 22 heavy (non-hydrogen) atoms. The van der Waals surface area contributed by atoms with Gasteiger partial charge in [0.25, 0.3) is 5.91 Å². The first kappa shape index (κ1) is 16.8. The Morgan fingerprint density at radius 2 is 2.00 bits per heavy atom. The summed E-state index contributed by atoms with van der Waals surface area (Å²) in [5, 5.41) is 2.98. The summed E-state index contributed by atoms with van der Waals surface area (Å²) in [5.74, 6) is 0.534. The molecule has 0 unspecified atom stereocenters. The van der Waals surface area contributed by atoms with E-state index in [0.29, 0.717) is 37.7 Å². The fourth-order valence-corrected chi connectivity index (χ4v) is 2.56. The molecule has 1 heterocycles. The third-order valence-electron chi connectivity index (χ3n) is 3.73. The van der Waals surface area contributed by atoms with E-state index in [1.165, 1.54) is 12.8 Å². The van der Waals surface area contributed by atoms with Crippen LogP contribution in [0.15, 0.2) is 24.3 Å². The van der Waals surface area contributed by atoms with E-state index in [1.807, 2.05) is 25.1 Å². The van der Waals surface area contributed by atoms with Crippen LogP contribution in [0.5, 0.6) is 5.75 Å². The Hall–Kier alpha value is -1.59. The number of nitrogens with one attached hydrogen (secondary N) is 1. The quantitative estimate of drug-likeness (QED) is 0.708. The summed E-state index contributed by atoms with van der Waals surface area (Å²) < 4.78 is 10.9. The van der Waals surface area contributed by atoms with E-state index in [9.17, 15) is 4.79 Å². The van der Waals surface area contributed by atoms with Crippen molar-refractivity contribution in [2.24, 2.45) is 0 Å². The van der Waals surface area contributed by atoms with Crippen LogP contribution in [-0.4, -0.2) is 56.8 Å². The molecule has 0 aromatic heterocycles. The molecule has 5 nitrogen and oxygen atoms in total. The number of hydrogen-bond donors (Lipinski definition) is 1. The van der Waals surface area contributed by atoms with Crippen LogP contribution in [0.2, 0.25) is 0 Å². The van der Waals surface area contributed by atoms with Crippen molar-refractivity contribution in [3.63, 3.8) is 0 Å². The number of carbonyl (C=O) groups excluding carboxylic acids is 1. The highest BCUT2D eigenvalue weighted by molar-refractivity contribution is 5.96. The lowest BCUT2D eigenvalue weighted by atomic mass is 10.2. The van der Waals surface area contributed by atoms with E-state index in [4.69, 9.17) is 9.47 Å². The Morgan fingerprint density at radius 1 is 1.23 bits per heavy atom. The molecule has 1 saturated heterocycles. The molecule has 0 atom stereocenters. The van der Waals surface area contributed by atoms with Crippen molar-refractivity contribution >= 4 is 5.91 Å². The van der Waals surface area contributed by atoms with Crippen molar-refractivity contribution in [2.45, 2.75) is 19.8 Å². The van der Waals surface area contributed by atoms with Gasteiger partial charge in [0.1, 0.15) is 12.4 Å². The molecule has 1 amide bonds. The maximum atomic E-state index is 12.3.